The molecule has 0 spiro atoms. The molecular weight excluding hydrogens is 371 g/mol. The van der Waals surface area contributed by atoms with Crippen molar-refractivity contribution in [2.75, 3.05) is 7.11 Å². The molecule has 0 fully saturated rings. The van der Waals surface area contributed by atoms with Crippen LogP contribution >= 0.6 is 0 Å². The van der Waals surface area contributed by atoms with E-state index in [1.54, 1.807) is 49.4 Å². The van der Waals surface area contributed by atoms with Crippen molar-refractivity contribution in [1.82, 2.24) is 4.57 Å². The van der Waals surface area contributed by atoms with E-state index in [1.165, 1.54) is 11.7 Å². The van der Waals surface area contributed by atoms with E-state index in [-0.39, 0.29) is 41.9 Å². The number of carbonyl (C=O) groups excluding carboxylic acids is 2. The number of azide groups is 1. The number of carbonyl (C=O) groups is 2. The van der Waals surface area contributed by atoms with E-state index in [9.17, 15) is 14.7 Å². The molecular formula is C19H15N4NaO4. The maximum absolute atomic E-state index is 13.1. The summed E-state index contributed by atoms with van der Waals surface area (Å²) in [6.07, 6.45) is -0.314. The number of carboxylic acid groups (broad SMARTS) is 1. The van der Waals surface area contributed by atoms with Gasteiger partial charge in [0.1, 0.15) is 5.75 Å². The van der Waals surface area contributed by atoms with Crippen molar-refractivity contribution in [1.29, 1.82) is 0 Å². The largest absolute Gasteiger partial charge is 1.00 e. The Bertz CT molecular complexity index is 1100. The van der Waals surface area contributed by atoms with Crippen LogP contribution in [0.2, 0.25) is 0 Å². The molecule has 0 atom stereocenters. The number of rotatable bonds is 5. The maximum Gasteiger partial charge on any atom is 1.00 e. The molecule has 1 aromatic heterocycles. The maximum atomic E-state index is 13.1. The zero-order valence-corrected chi connectivity index (χ0v) is 17.7. The van der Waals surface area contributed by atoms with Crippen molar-refractivity contribution >= 4 is 28.5 Å². The number of aliphatic carboxylic acids is 1. The predicted molar refractivity (Wildman–Crippen MR) is 96.9 cm³/mol. The zero-order chi connectivity index (χ0) is 19.6. The quantitative estimate of drug-likeness (QED) is 0.263. The molecule has 28 heavy (non-hydrogen) atoms. The monoisotopic (exact) mass is 386 g/mol. The normalized spacial score (nSPS) is 10.1. The van der Waals surface area contributed by atoms with Gasteiger partial charge in [0.2, 0.25) is 0 Å². The number of ether oxygens (including phenoxy) is 1. The summed E-state index contributed by atoms with van der Waals surface area (Å²) < 4.78 is 6.68. The van der Waals surface area contributed by atoms with Crippen LogP contribution in [0.4, 0.5) is 5.69 Å². The van der Waals surface area contributed by atoms with Crippen LogP contribution in [-0.2, 0) is 11.2 Å². The van der Waals surface area contributed by atoms with Crippen LogP contribution < -0.4 is 39.4 Å². The number of hydrogen-bond acceptors (Lipinski definition) is 5. The number of methoxy groups -OCH3 is 1. The van der Waals surface area contributed by atoms with Crippen molar-refractivity contribution in [3.63, 3.8) is 0 Å². The molecule has 0 N–H and O–H groups in total. The van der Waals surface area contributed by atoms with E-state index in [0.29, 0.717) is 39.2 Å². The van der Waals surface area contributed by atoms with E-state index < -0.39 is 5.97 Å². The van der Waals surface area contributed by atoms with Crippen LogP contribution in [0.1, 0.15) is 21.6 Å². The number of hydrogen-bond donors (Lipinski definition) is 0. The molecule has 0 aliphatic carbocycles. The molecule has 9 heteroatoms. The SMILES string of the molecule is COc1ccc2c(c1)c(CC(=O)[O-])c(C)n2C(=O)c1ccc(N=[N+]=[N-])cc1.[Na+]. The van der Waals surface area contributed by atoms with Crippen LogP contribution in [-0.4, -0.2) is 23.6 Å². The first-order valence-corrected chi connectivity index (χ1v) is 8.04. The van der Waals surface area contributed by atoms with Crippen LogP contribution in [0.15, 0.2) is 47.6 Å². The molecule has 136 valence electrons. The van der Waals surface area contributed by atoms with Crippen LogP contribution in [0.5, 0.6) is 5.75 Å². The topological polar surface area (TPSA) is 120 Å². The van der Waals surface area contributed by atoms with Gasteiger partial charge in [-0.3, -0.25) is 9.36 Å². The minimum Gasteiger partial charge on any atom is -0.550 e. The van der Waals surface area contributed by atoms with Crippen molar-refractivity contribution < 1.29 is 49.0 Å². The Kier molecular flexibility index (Phi) is 6.88. The minimum atomic E-state index is -1.23. The number of nitrogens with zero attached hydrogens (tertiary/aromatic N) is 4. The average molecular weight is 386 g/mol. The second-order valence-electron chi connectivity index (χ2n) is 5.87. The summed E-state index contributed by atoms with van der Waals surface area (Å²) in [5.41, 5.74) is 10.8. The second-order valence-corrected chi connectivity index (χ2v) is 5.87. The predicted octanol–water partition coefficient (Wildman–Crippen LogP) is -0.115. The van der Waals surface area contributed by atoms with Gasteiger partial charge in [0.25, 0.3) is 5.91 Å². The Morgan fingerprint density at radius 3 is 2.46 bits per heavy atom. The summed E-state index contributed by atoms with van der Waals surface area (Å²) in [6, 6.07) is 11.3. The first kappa shape index (κ1) is 21.5. The van der Waals surface area contributed by atoms with Gasteiger partial charge in [-0.05, 0) is 48.4 Å². The van der Waals surface area contributed by atoms with Gasteiger partial charge >= 0.3 is 29.6 Å². The summed E-state index contributed by atoms with van der Waals surface area (Å²) in [4.78, 5) is 27.0. The summed E-state index contributed by atoms with van der Waals surface area (Å²) in [5.74, 6) is -0.990. The third-order valence-electron chi connectivity index (χ3n) is 4.34. The van der Waals surface area contributed by atoms with E-state index in [0.717, 1.165) is 0 Å². The van der Waals surface area contributed by atoms with Crippen LogP contribution in [0.3, 0.4) is 0 Å². The van der Waals surface area contributed by atoms with E-state index in [2.05, 4.69) is 10.0 Å². The van der Waals surface area contributed by atoms with Crippen LogP contribution in [0, 0.1) is 6.92 Å². The molecule has 1 heterocycles. The summed E-state index contributed by atoms with van der Waals surface area (Å²) in [6.45, 7) is 1.69. The van der Waals surface area contributed by atoms with Crippen molar-refractivity contribution in [2.45, 2.75) is 13.3 Å². The summed E-state index contributed by atoms with van der Waals surface area (Å²) >= 11 is 0. The molecule has 0 unspecified atom stereocenters. The van der Waals surface area contributed by atoms with Gasteiger partial charge in [-0.25, -0.2) is 0 Å². The third-order valence-corrected chi connectivity index (χ3v) is 4.34. The van der Waals surface area contributed by atoms with E-state index in [1.807, 2.05) is 0 Å². The summed E-state index contributed by atoms with van der Waals surface area (Å²) in [7, 11) is 1.51. The van der Waals surface area contributed by atoms with Gasteiger partial charge in [0, 0.05) is 39.6 Å². The average Bonchev–Trinajstić information content (AvgIpc) is 2.92. The van der Waals surface area contributed by atoms with E-state index >= 15 is 0 Å². The van der Waals surface area contributed by atoms with Gasteiger partial charge < -0.3 is 14.6 Å². The third kappa shape index (κ3) is 4.05. The fourth-order valence-corrected chi connectivity index (χ4v) is 3.07. The Morgan fingerprint density at radius 1 is 1.21 bits per heavy atom. The summed E-state index contributed by atoms with van der Waals surface area (Å²) in [5, 5.41) is 15.3. The van der Waals surface area contributed by atoms with Crippen molar-refractivity contribution in [3.8, 4) is 5.75 Å². The Morgan fingerprint density at radius 2 is 1.89 bits per heavy atom. The second kappa shape index (κ2) is 8.95. The van der Waals surface area contributed by atoms with Crippen molar-refractivity contribution in [2.24, 2.45) is 5.11 Å². The molecule has 0 aliphatic heterocycles. The zero-order valence-electron chi connectivity index (χ0n) is 15.7. The number of fused-ring (bicyclic) bond motifs is 1. The van der Waals surface area contributed by atoms with E-state index in [4.69, 9.17) is 10.3 Å². The van der Waals surface area contributed by atoms with Gasteiger partial charge in [-0.1, -0.05) is 17.2 Å². The number of carboxylic acids is 1. The smallest absolute Gasteiger partial charge is 0.550 e. The van der Waals surface area contributed by atoms with Gasteiger partial charge in [-0.2, -0.15) is 0 Å². The molecule has 3 rings (SSSR count). The van der Waals surface area contributed by atoms with Crippen LogP contribution in [0.25, 0.3) is 21.3 Å². The van der Waals surface area contributed by atoms with Gasteiger partial charge in [0.15, 0.2) is 0 Å². The Balaban J connectivity index is 0.00000280. The first-order chi connectivity index (χ1) is 13.0. The number of aromatic nitrogens is 1. The molecule has 0 saturated heterocycles. The molecule has 2 aromatic carbocycles. The molecule has 0 aliphatic rings. The first-order valence-electron chi connectivity index (χ1n) is 8.04. The fourth-order valence-electron chi connectivity index (χ4n) is 3.07. The molecule has 0 amide bonds. The van der Waals surface area contributed by atoms with Crippen molar-refractivity contribution in [3.05, 3.63) is 69.7 Å². The standard InChI is InChI=1S/C19H16N4O4.Na/c1-11-15(10-18(24)25)16-9-14(27-2)7-8-17(16)23(11)19(26)12-3-5-13(6-4-12)21-22-20;/h3-9H,10H2,1-2H3,(H,24,25);/q;+1/p-1. The molecule has 0 bridgehead atoms. The minimum absolute atomic E-state index is 0. The molecule has 0 saturated carbocycles. The Hall–Kier alpha value is -2.77. The number of benzene rings is 2. The Labute approximate surface area is 182 Å². The fraction of sp³-hybridized carbons (Fsp3) is 0.158. The van der Waals surface area contributed by atoms with Gasteiger partial charge in [-0.15, -0.1) is 0 Å². The molecule has 0 radical (unpaired) electrons. The molecule has 8 nitrogen and oxygen atoms in total. The molecule has 3 aromatic rings. The van der Waals surface area contributed by atoms with Gasteiger partial charge in [0.05, 0.1) is 12.6 Å².